The van der Waals surface area contributed by atoms with Crippen LogP contribution in [0.4, 0.5) is 5.69 Å². The molecule has 7 heteroatoms. The van der Waals surface area contributed by atoms with Crippen LogP contribution in [0.3, 0.4) is 0 Å². The van der Waals surface area contributed by atoms with Gasteiger partial charge >= 0.3 is 0 Å². The van der Waals surface area contributed by atoms with Gasteiger partial charge in [-0.15, -0.1) is 0 Å². The third kappa shape index (κ3) is 3.97. The molecule has 0 bridgehead atoms. The van der Waals surface area contributed by atoms with Crippen molar-refractivity contribution in [2.24, 2.45) is 0 Å². The number of hydrogen-bond acceptors (Lipinski definition) is 4. The molecule has 1 saturated heterocycles. The molecule has 2 amide bonds. The number of benzene rings is 2. The van der Waals surface area contributed by atoms with Gasteiger partial charge in [-0.05, 0) is 43.7 Å². The molecule has 1 aliphatic heterocycles. The first-order valence-electron chi connectivity index (χ1n) is 9.93. The van der Waals surface area contributed by atoms with Crippen LogP contribution in [0.2, 0.25) is 0 Å². The first-order chi connectivity index (χ1) is 14.5. The summed E-state index contributed by atoms with van der Waals surface area (Å²) in [6.07, 6.45) is 1.57. The summed E-state index contributed by atoms with van der Waals surface area (Å²) in [5.41, 5.74) is 4.37. The Morgan fingerprint density at radius 3 is 2.57 bits per heavy atom. The third-order valence-electron chi connectivity index (χ3n) is 5.26. The summed E-state index contributed by atoms with van der Waals surface area (Å²) in [5.74, 6) is -0.318. The van der Waals surface area contributed by atoms with E-state index in [1.54, 1.807) is 40.0 Å². The number of ether oxygens (including phenoxy) is 1. The van der Waals surface area contributed by atoms with Gasteiger partial charge in [-0.2, -0.15) is 5.10 Å². The summed E-state index contributed by atoms with van der Waals surface area (Å²) in [6, 6.07) is 14.9. The number of nitrogens with zero attached hydrogens (tertiary/aromatic N) is 3. The van der Waals surface area contributed by atoms with Crippen molar-refractivity contribution in [2.75, 3.05) is 31.6 Å². The first-order valence-corrected chi connectivity index (χ1v) is 9.93. The van der Waals surface area contributed by atoms with E-state index < -0.39 is 0 Å². The Kier molecular flexibility index (Phi) is 5.63. The lowest BCUT2D eigenvalue weighted by atomic mass is 10.1. The van der Waals surface area contributed by atoms with Crippen molar-refractivity contribution in [1.82, 2.24) is 14.7 Å². The largest absolute Gasteiger partial charge is 0.378 e. The van der Waals surface area contributed by atoms with Gasteiger partial charge in [0.15, 0.2) is 0 Å². The Balaban J connectivity index is 1.52. The minimum Gasteiger partial charge on any atom is -0.378 e. The minimum absolute atomic E-state index is 0.0575. The molecule has 3 aromatic rings. The Labute approximate surface area is 175 Å². The molecule has 1 N–H and O–H groups in total. The lowest BCUT2D eigenvalue weighted by molar-refractivity contribution is 0.0303. The maximum Gasteiger partial charge on any atom is 0.259 e. The molecule has 0 spiro atoms. The molecule has 154 valence electrons. The molecule has 2 heterocycles. The highest BCUT2D eigenvalue weighted by Gasteiger charge is 2.20. The number of hydrogen-bond donors (Lipinski definition) is 1. The van der Waals surface area contributed by atoms with Crippen molar-refractivity contribution in [3.05, 3.63) is 77.1 Å². The number of carbonyl (C=O) groups is 2. The molecule has 4 rings (SSSR count). The SMILES string of the molecule is Cc1ccccc1-n1ncc(C(=O)Nc2cccc(C(=O)N3CCOCC3)c2)c1C. The van der Waals surface area contributed by atoms with E-state index >= 15 is 0 Å². The second kappa shape index (κ2) is 8.51. The summed E-state index contributed by atoms with van der Waals surface area (Å²) in [6.45, 7) is 6.12. The maximum absolute atomic E-state index is 12.9. The molecule has 1 fully saturated rings. The van der Waals surface area contributed by atoms with Crippen LogP contribution in [0.15, 0.2) is 54.7 Å². The van der Waals surface area contributed by atoms with E-state index in [0.29, 0.717) is 43.1 Å². The molecule has 0 saturated carbocycles. The van der Waals surface area contributed by atoms with E-state index in [1.165, 1.54) is 0 Å². The van der Waals surface area contributed by atoms with Crippen molar-refractivity contribution in [2.45, 2.75) is 13.8 Å². The van der Waals surface area contributed by atoms with Crippen LogP contribution in [0, 0.1) is 13.8 Å². The summed E-state index contributed by atoms with van der Waals surface area (Å²) < 4.78 is 7.07. The number of aromatic nitrogens is 2. The standard InChI is InChI=1S/C23H24N4O3/c1-16-6-3-4-9-21(16)27-17(2)20(15-24-27)22(28)25-19-8-5-7-18(14-19)23(29)26-10-12-30-13-11-26/h3-9,14-15H,10-13H2,1-2H3,(H,25,28). The normalized spacial score (nSPS) is 13.9. The maximum atomic E-state index is 12.9. The second-order valence-corrected chi connectivity index (χ2v) is 7.28. The fourth-order valence-electron chi connectivity index (χ4n) is 3.55. The zero-order valence-electron chi connectivity index (χ0n) is 17.1. The van der Waals surface area contributed by atoms with Crippen molar-refractivity contribution in [3.63, 3.8) is 0 Å². The van der Waals surface area contributed by atoms with Gasteiger partial charge in [-0.25, -0.2) is 4.68 Å². The molecule has 0 unspecified atom stereocenters. The quantitative estimate of drug-likeness (QED) is 0.724. The van der Waals surface area contributed by atoms with Gasteiger partial charge in [0.2, 0.25) is 0 Å². The number of para-hydroxylation sites is 1. The van der Waals surface area contributed by atoms with Crippen LogP contribution in [-0.4, -0.2) is 52.8 Å². The third-order valence-corrected chi connectivity index (χ3v) is 5.26. The molecule has 0 radical (unpaired) electrons. The van der Waals surface area contributed by atoms with E-state index in [9.17, 15) is 9.59 Å². The molecular formula is C23H24N4O3. The van der Waals surface area contributed by atoms with Crippen molar-refractivity contribution in [3.8, 4) is 5.69 Å². The minimum atomic E-state index is -0.261. The highest BCUT2D eigenvalue weighted by molar-refractivity contribution is 6.05. The van der Waals surface area contributed by atoms with Gasteiger partial charge < -0.3 is 15.0 Å². The fraction of sp³-hybridized carbons (Fsp3) is 0.261. The van der Waals surface area contributed by atoms with Gasteiger partial charge in [-0.3, -0.25) is 9.59 Å². The molecular weight excluding hydrogens is 380 g/mol. The van der Waals surface area contributed by atoms with E-state index in [0.717, 1.165) is 16.9 Å². The Morgan fingerprint density at radius 2 is 1.80 bits per heavy atom. The number of carbonyl (C=O) groups excluding carboxylic acids is 2. The van der Waals surface area contributed by atoms with Crippen molar-refractivity contribution < 1.29 is 14.3 Å². The highest BCUT2D eigenvalue weighted by atomic mass is 16.5. The van der Waals surface area contributed by atoms with Crippen LogP contribution in [-0.2, 0) is 4.74 Å². The van der Waals surface area contributed by atoms with Crippen LogP contribution >= 0.6 is 0 Å². The lowest BCUT2D eigenvalue weighted by Gasteiger charge is -2.27. The number of morpholine rings is 1. The number of rotatable bonds is 4. The molecule has 0 aliphatic carbocycles. The molecule has 2 aromatic carbocycles. The van der Waals surface area contributed by atoms with E-state index in [4.69, 9.17) is 4.74 Å². The zero-order valence-corrected chi connectivity index (χ0v) is 17.1. The second-order valence-electron chi connectivity index (χ2n) is 7.28. The predicted octanol–water partition coefficient (Wildman–Crippen LogP) is 3.21. The number of aryl methyl sites for hydroxylation is 1. The molecule has 1 aromatic heterocycles. The fourth-order valence-corrected chi connectivity index (χ4v) is 3.55. The number of anilines is 1. The van der Waals surface area contributed by atoms with Crippen molar-refractivity contribution in [1.29, 1.82) is 0 Å². The average molecular weight is 404 g/mol. The van der Waals surface area contributed by atoms with Gasteiger partial charge in [0.1, 0.15) is 0 Å². The summed E-state index contributed by atoms with van der Waals surface area (Å²) in [7, 11) is 0. The summed E-state index contributed by atoms with van der Waals surface area (Å²) in [4.78, 5) is 27.3. The smallest absolute Gasteiger partial charge is 0.259 e. The van der Waals surface area contributed by atoms with E-state index in [1.807, 2.05) is 38.1 Å². The summed E-state index contributed by atoms with van der Waals surface area (Å²) >= 11 is 0. The van der Waals surface area contributed by atoms with Crippen LogP contribution in [0.1, 0.15) is 32.0 Å². The molecule has 30 heavy (non-hydrogen) atoms. The average Bonchev–Trinajstić information content (AvgIpc) is 3.15. The van der Waals surface area contributed by atoms with Crippen LogP contribution in [0.5, 0.6) is 0 Å². The van der Waals surface area contributed by atoms with Gasteiger partial charge in [0.25, 0.3) is 11.8 Å². The van der Waals surface area contributed by atoms with E-state index in [2.05, 4.69) is 10.4 Å². The number of nitrogens with one attached hydrogen (secondary N) is 1. The Bertz CT molecular complexity index is 1080. The Morgan fingerprint density at radius 1 is 1.03 bits per heavy atom. The molecule has 1 aliphatic rings. The Hall–Kier alpha value is -3.45. The highest BCUT2D eigenvalue weighted by Crippen LogP contribution is 2.19. The summed E-state index contributed by atoms with van der Waals surface area (Å²) in [5, 5.41) is 7.29. The van der Waals surface area contributed by atoms with Gasteiger partial charge in [0, 0.05) is 24.3 Å². The van der Waals surface area contributed by atoms with Gasteiger partial charge in [-0.1, -0.05) is 24.3 Å². The van der Waals surface area contributed by atoms with E-state index in [-0.39, 0.29) is 11.8 Å². The molecule has 0 atom stereocenters. The first kappa shape index (κ1) is 19.8. The van der Waals surface area contributed by atoms with Crippen LogP contribution in [0.25, 0.3) is 5.69 Å². The molecule has 7 nitrogen and oxygen atoms in total. The lowest BCUT2D eigenvalue weighted by Crippen LogP contribution is -2.40. The predicted molar refractivity (Wildman–Crippen MR) is 114 cm³/mol. The van der Waals surface area contributed by atoms with Gasteiger partial charge in [0.05, 0.1) is 36.4 Å². The zero-order chi connectivity index (χ0) is 21.1. The number of amides is 2. The van der Waals surface area contributed by atoms with Crippen LogP contribution < -0.4 is 5.32 Å². The van der Waals surface area contributed by atoms with Crippen molar-refractivity contribution >= 4 is 17.5 Å². The monoisotopic (exact) mass is 404 g/mol. The topological polar surface area (TPSA) is 76.5 Å².